The van der Waals surface area contributed by atoms with E-state index in [-0.39, 0.29) is 5.56 Å². The molecule has 3 N–H and O–H groups in total. The number of rotatable bonds is 4. The number of aryl methyl sites for hydroxylation is 1. The largest absolute Gasteiger partial charge is 0.478 e. The van der Waals surface area contributed by atoms with Crippen molar-refractivity contribution in [2.24, 2.45) is 0 Å². The zero-order chi connectivity index (χ0) is 14.0. The van der Waals surface area contributed by atoms with Gasteiger partial charge in [0, 0.05) is 15.5 Å². The van der Waals surface area contributed by atoms with Gasteiger partial charge in [-0.1, -0.05) is 17.7 Å². The van der Waals surface area contributed by atoms with Crippen LogP contribution in [0.1, 0.15) is 26.4 Å². The molecule has 3 nitrogen and oxygen atoms in total. The van der Waals surface area contributed by atoms with Gasteiger partial charge < -0.3 is 10.8 Å². The zero-order valence-corrected chi connectivity index (χ0v) is 12.4. The first-order valence-corrected chi connectivity index (χ1v) is 7.59. The number of aromatic carboxylic acids is 1. The van der Waals surface area contributed by atoms with Crippen LogP contribution >= 0.6 is 23.1 Å². The topological polar surface area (TPSA) is 63.3 Å². The van der Waals surface area contributed by atoms with Crippen LogP contribution in [-0.4, -0.2) is 11.1 Å². The Labute approximate surface area is 120 Å². The van der Waals surface area contributed by atoms with Gasteiger partial charge in [0.05, 0.1) is 5.56 Å². The molecule has 0 aliphatic heterocycles. The maximum atomic E-state index is 11.1. The number of carboxylic acids is 1. The Morgan fingerprint density at radius 3 is 2.74 bits per heavy atom. The van der Waals surface area contributed by atoms with Gasteiger partial charge in [0.2, 0.25) is 0 Å². The van der Waals surface area contributed by atoms with Crippen LogP contribution in [0.15, 0.2) is 29.2 Å². The van der Waals surface area contributed by atoms with Gasteiger partial charge in [-0.2, -0.15) is 0 Å². The molecule has 5 heteroatoms. The average Bonchev–Trinajstić information content (AvgIpc) is 2.62. The van der Waals surface area contributed by atoms with Crippen molar-refractivity contribution in [1.29, 1.82) is 0 Å². The lowest BCUT2D eigenvalue weighted by molar-refractivity contribution is 0.0697. The number of hydrogen-bond acceptors (Lipinski definition) is 4. The van der Waals surface area contributed by atoms with E-state index >= 15 is 0 Å². The van der Waals surface area contributed by atoms with Crippen molar-refractivity contribution in [3.63, 3.8) is 0 Å². The van der Waals surface area contributed by atoms with Crippen molar-refractivity contribution in [2.75, 3.05) is 5.73 Å². The van der Waals surface area contributed by atoms with E-state index < -0.39 is 5.97 Å². The molecule has 0 bridgehead atoms. The van der Waals surface area contributed by atoms with Crippen molar-refractivity contribution in [2.45, 2.75) is 24.5 Å². The second-order valence-corrected chi connectivity index (χ2v) is 6.49. The van der Waals surface area contributed by atoms with Gasteiger partial charge in [-0.15, -0.1) is 23.1 Å². The lowest BCUT2D eigenvalue weighted by Crippen LogP contribution is -2.00. The molecule has 0 amide bonds. The summed E-state index contributed by atoms with van der Waals surface area (Å²) in [5.41, 5.74) is 8.03. The smallest absolute Gasteiger partial charge is 0.338 e. The van der Waals surface area contributed by atoms with Gasteiger partial charge in [-0.25, -0.2) is 4.79 Å². The van der Waals surface area contributed by atoms with Gasteiger partial charge in [0.1, 0.15) is 5.00 Å². The van der Waals surface area contributed by atoms with Crippen LogP contribution < -0.4 is 5.73 Å². The monoisotopic (exact) mass is 293 g/mol. The van der Waals surface area contributed by atoms with Gasteiger partial charge in [0.15, 0.2) is 0 Å². The van der Waals surface area contributed by atoms with Crippen molar-refractivity contribution < 1.29 is 9.90 Å². The van der Waals surface area contributed by atoms with Crippen molar-refractivity contribution in [3.05, 3.63) is 45.8 Å². The number of nitrogen functional groups attached to an aromatic ring is 1. The molecule has 0 fully saturated rings. The molecular weight excluding hydrogens is 278 g/mol. The number of anilines is 1. The molecule has 19 heavy (non-hydrogen) atoms. The predicted octanol–water partition coefficient (Wildman–Crippen LogP) is 3.94. The average molecular weight is 293 g/mol. The van der Waals surface area contributed by atoms with Crippen molar-refractivity contribution >= 4 is 34.1 Å². The highest BCUT2D eigenvalue weighted by molar-refractivity contribution is 7.98. The van der Waals surface area contributed by atoms with Gasteiger partial charge >= 0.3 is 5.97 Å². The Hall–Kier alpha value is -1.46. The first-order valence-electron chi connectivity index (χ1n) is 5.79. The quantitative estimate of drug-likeness (QED) is 0.838. The van der Waals surface area contributed by atoms with Crippen molar-refractivity contribution in [3.8, 4) is 0 Å². The summed E-state index contributed by atoms with van der Waals surface area (Å²) in [7, 11) is 0. The zero-order valence-electron chi connectivity index (χ0n) is 10.8. The summed E-state index contributed by atoms with van der Waals surface area (Å²) in [4.78, 5) is 13.3. The molecule has 0 unspecified atom stereocenters. The van der Waals surface area contributed by atoms with Gasteiger partial charge in [0.25, 0.3) is 0 Å². The number of carbonyl (C=O) groups is 1. The second kappa shape index (κ2) is 5.67. The highest BCUT2D eigenvalue weighted by atomic mass is 32.2. The third-order valence-corrected chi connectivity index (χ3v) is 5.17. The summed E-state index contributed by atoms with van der Waals surface area (Å²) in [6.07, 6.45) is 0. The minimum atomic E-state index is -0.946. The SMILES string of the molecule is Cc1cccc(SCc2sc(N)c(C(=O)O)c2C)c1. The fourth-order valence-corrected chi connectivity index (χ4v) is 4.08. The number of thiophene rings is 1. The Kier molecular flexibility index (Phi) is 4.17. The Morgan fingerprint density at radius 1 is 1.42 bits per heavy atom. The summed E-state index contributed by atoms with van der Waals surface area (Å²) < 4.78 is 0. The third-order valence-electron chi connectivity index (χ3n) is 2.85. The first-order chi connectivity index (χ1) is 8.99. The molecular formula is C14H15NO2S2. The van der Waals surface area contributed by atoms with Crippen LogP contribution in [0.5, 0.6) is 0 Å². The maximum Gasteiger partial charge on any atom is 0.338 e. The van der Waals surface area contributed by atoms with E-state index in [9.17, 15) is 4.79 Å². The second-order valence-electron chi connectivity index (χ2n) is 4.30. The van der Waals surface area contributed by atoms with Gasteiger partial charge in [-0.05, 0) is 31.5 Å². The number of thioether (sulfide) groups is 1. The summed E-state index contributed by atoms with van der Waals surface area (Å²) in [5.74, 6) is -0.199. The molecule has 100 valence electrons. The number of benzene rings is 1. The van der Waals surface area contributed by atoms with E-state index in [1.54, 1.807) is 11.8 Å². The Morgan fingerprint density at radius 2 is 2.16 bits per heavy atom. The molecule has 0 radical (unpaired) electrons. The number of nitrogens with two attached hydrogens (primary N) is 1. The minimum Gasteiger partial charge on any atom is -0.478 e. The van der Waals surface area contributed by atoms with E-state index in [2.05, 4.69) is 25.1 Å². The molecule has 0 saturated heterocycles. The Balaban J connectivity index is 2.16. The van der Waals surface area contributed by atoms with Crippen molar-refractivity contribution in [1.82, 2.24) is 0 Å². The lowest BCUT2D eigenvalue weighted by Gasteiger charge is -2.02. The highest BCUT2D eigenvalue weighted by Gasteiger charge is 2.18. The van der Waals surface area contributed by atoms with Crippen LogP contribution in [0.4, 0.5) is 5.00 Å². The standard InChI is InChI=1S/C14H15NO2S2/c1-8-4-3-5-10(6-8)18-7-11-9(2)12(14(16)17)13(15)19-11/h3-6H,7,15H2,1-2H3,(H,16,17). The molecule has 1 aromatic heterocycles. The third kappa shape index (κ3) is 3.11. The van der Waals surface area contributed by atoms with E-state index in [1.807, 2.05) is 13.0 Å². The summed E-state index contributed by atoms with van der Waals surface area (Å²) >= 11 is 3.07. The molecule has 1 aromatic carbocycles. The van der Waals surface area contributed by atoms with E-state index in [1.165, 1.54) is 21.8 Å². The van der Waals surface area contributed by atoms with Crippen LogP contribution in [0, 0.1) is 13.8 Å². The predicted molar refractivity (Wildman–Crippen MR) is 81.2 cm³/mol. The first kappa shape index (κ1) is 14.0. The minimum absolute atomic E-state index is 0.254. The fraction of sp³-hybridized carbons (Fsp3) is 0.214. The maximum absolute atomic E-state index is 11.1. The molecule has 0 aliphatic carbocycles. The molecule has 2 aromatic rings. The fourth-order valence-electron chi connectivity index (χ4n) is 1.84. The molecule has 0 atom stereocenters. The number of hydrogen-bond donors (Lipinski definition) is 2. The molecule has 0 saturated carbocycles. The highest BCUT2D eigenvalue weighted by Crippen LogP contribution is 2.35. The van der Waals surface area contributed by atoms with Crippen LogP contribution in [0.3, 0.4) is 0 Å². The van der Waals surface area contributed by atoms with Gasteiger partial charge in [-0.3, -0.25) is 0 Å². The van der Waals surface area contributed by atoms with E-state index in [0.29, 0.717) is 5.00 Å². The van der Waals surface area contributed by atoms with Crippen LogP contribution in [-0.2, 0) is 5.75 Å². The lowest BCUT2D eigenvalue weighted by atomic mass is 10.2. The summed E-state index contributed by atoms with van der Waals surface area (Å²) in [5, 5.41) is 9.49. The normalized spacial score (nSPS) is 10.6. The molecule has 0 aliphatic rings. The van der Waals surface area contributed by atoms with E-state index in [0.717, 1.165) is 16.2 Å². The molecule has 2 rings (SSSR count). The summed E-state index contributed by atoms with van der Waals surface area (Å²) in [6, 6.07) is 8.26. The Bertz CT molecular complexity index is 620. The van der Waals surface area contributed by atoms with E-state index in [4.69, 9.17) is 10.8 Å². The summed E-state index contributed by atoms with van der Waals surface area (Å²) in [6.45, 7) is 3.88. The molecule has 0 spiro atoms. The van der Waals surface area contributed by atoms with Crippen LogP contribution in [0.25, 0.3) is 0 Å². The molecule has 1 heterocycles. The number of carboxylic acid groups (broad SMARTS) is 1. The van der Waals surface area contributed by atoms with Crippen LogP contribution in [0.2, 0.25) is 0 Å².